The lowest BCUT2D eigenvalue weighted by Gasteiger charge is -2.31. The van der Waals surface area contributed by atoms with Gasteiger partial charge in [-0.25, -0.2) is 0 Å². The lowest BCUT2D eigenvalue weighted by molar-refractivity contribution is -0.134. The number of hydrogen-bond acceptors (Lipinski definition) is 3. The molecule has 0 aromatic carbocycles. The second-order valence-electron chi connectivity index (χ2n) is 5.47. The number of carbonyl (C=O) groups excluding carboxylic acids is 1. The molecule has 1 atom stereocenters. The number of hydrogen-bond donors (Lipinski definition) is 2. The van der Waals surface area contributed by atoms with E-state index in [4.69, 9.17) is 10.5 Å². The summed E-state index contributed by atoms with van der Waals surface area (Å²) >= 11 is 0. The molecule has 4 heteroatoms. The van der Waals surface area contributed by atoms with Gasteiger partial charge in [-0.2, -0.15) is 0 Å². The minimum absolute atomic E-state index is 0.0265. The molecule has 18 heavy (non-hydrogen) atoms. The molecule has 1 rings (SSSR count). The van der Waals surface area contributed by atoms with Crippen molar-refractivity contribution < 1.29 is 9.53 Å². The zero-order valence-corrected chi connectivity index (χ0v) is 11.8. The average Bonchev–Trinajstić information content (AvgIpc) is 2.62. The summed E-state index contributed by atoms with van der Waals surface area (Å²) in [4.78, 5) is 11.7. The predicted octanol–water partition coefficient (Wildman–Crippen LogP) is 1.97. The summed E-state index contributed by atoms with van der Waals surface area (Å²) in [5, 5.41) is 2.92. The molecule has 0 heterocycles. The van der Waals surface area contributed by atoms with E-state index in [1.165, 1.54) is 12.8 Å². The molecule has 0 spiro atoms. The third kappa shape index (κ3) is 4.94. The van der Waals surface area contributed by atoms with Crippen LogP contribution in [-0.4, -0.2) is 30.7 Å². The molecule has 0 radical (unpaired) electrons. The van der Waals surface area contributed by atoms with Crippen LogP contribution in [0.4, 0.5) is 0 Å². The van der Waals surface area contributed by atoms with Crippen molar-refractivity contribution in [1.82, 2.24) is 5.32 Å². The molecule has 106 valence electrons. The van der Waals surface area contributed by atoms with E-state index in [1.807, 2.05) is 6.92 Å². The quantitative estimate of drug-likeness (QED) is 0.714. The first kappa shape index (κ1) is 15.4. The molecule has 0 aromatic heterocycles. The van der Waals surface area contributed by atoms with E-state index < -0.39 is 0 Å². The highest BCUT2D eigenvalue weighted by Crippen LogP contribution is 2.29. The molecular weight excluding hydrogens is 228 g/mol. The Morgan fingerprint density at radius 3 is 2.44 bits per heavy atom. The fourth-order valence-corrected chi connectivity index (χ4v) is 2.42. The molecular formula is C14H28N2O2. The van der Waals surface area contributed by atoms with Gasteiger partial charge in [-0.05, 0) is 26.2 Å². The van der Waals surface area contributed by atoms with Gasteiger partial charge in [0.2, 0.25) is 5.91 Å². The van der Waals surface area contributed by atoms with Crippen LogP contribution in [0.2, 0.25) is 0 Å². The molecule has 1 saturated carbocycles. The highest BCUT2D eigenvalue weighted by molar-refractivity contribution is 5.77. The molecule has 4 nitrogen and oxygen atoms in total. The van der Waals surface area contributed by atoms with Crippen LogP contribution >= 0.6 is 0 Å². The van der Waals surface area contributed by atoms with Crippen LogP contribution in [0.3, 0.4) is 0 Å². The Morgan fingerprint density at radius 2 is 1.94 bits per heavy atom. The summed E-state index contributed by atoms with van der Waals surface area (Å²) in [5.41, 5.74) is 5.60. The van der Waals surface area contributed by atoms with E-state index in [2.05, 4.69) is 12.2 Å². The Bertz CT molecular complexity index is 248. The predicted molar refractivity (Wildman–Crippen MR) is 73.3 cm³/mol. The number of carbonyl (C=O) groups is 1. The summed E-state index contributed by atoms with van der Waals surface area (Å²) in [6.45, 7) is 4.71. The van der Waals surface area contributed by atoms with Crippen molar-refractivity contribution >= 4 is 5.91 Å². The number of nitrogens with two attached hydrogens (primary N) is 1. The van der Waals surface area contributed by atoms with E-state index in [9.17, 15) is 4.79 Å². The lowest BCUT2D eigenvalue weighted by Crippen LogP contribution is -2.44. The summed E-state index contributed by atoms with van der Waals surface area (Å²) < 4.78 is 5.87. The summed E-state index contributed by atoms with van der Waals surface area (Å²) in [6, 6.07) is 0.212. The summed E-state index contributed by atoms with van der Waals surface area (Å²) in [7, 11) is 0. The monoisotopic (exact) mass is 256 g/mol. The van der Waals surface area contributed by atoms with Gasteiger partial charge in [0.25, 0.3) is 0 Å². The normalized spacial score (nSPS) is 21.1. The SMILES string of the molecule is CCC(C)NC(=O)COC1(CN)CCCCCC1. The number of rotatable bonds is 6. The number of nitrogens with one attached hydrogen (secondary N) is 1. The maximum absolute atomic E-state index is 11.7. The third-order valence-electron chi connectivity index (χ3n) is 3.92. The van der Waals surface area contributed by atoms with Gasteiger partial charge in [-0.1, -0.05) is 32.6 Å². The van der Waals surface area contributed by atoms with Crippen LogP contribution in [-0.2, 0) is 9.53 Å². The van der Waals surface area contributed by atoms with Crippen molar-refractivity contribution in [3.63, 3.8) is 0 Å². The van der Waals surface area contributed by atoms with Gasteiger partial charge in [-0.15, -0.1) is 0 Å². The minimum Gasteiger partial charge on any atom is -0.364 e. The molecule has 0 bridgehead atoms. The summed E-state index contributed by atoms with van der Waals surface area (Å²) in [6.07, 6.45) is 7.73. The first-order chi connectivity index (χ1) is 8.62. The Morgan fingerprint density at radius 1 is 1.33 bits per heavy atom. The Balaban J connectivity index is 2.40. The van der Waals surface area contributed by atoms with Crippen molar-refractivity contribution in [3.05, 3.63) is 0 Å². The standard InChI is InChI=1S/C14H28N2O2/c1-3-12(2)16-13(17)10-18-14(11-15)8-6-4-5-7-9-14/h12H,3-11,15H2,1-2H3,(H,16,17). The Kier molecular flexibility index (Phi) is 6.65. The van der Waals surface area contributed by atoms with Crippen molar-refractivity contribution in [3.8, 4) is 0 Å². The molecule has 1 unspecified atom stereocenters. The van der Waals surface area contributed by atoms with Crippen molar-refractivity contribution in [2.45, 2.75) is 70.4 Å². The molecule has 0 saturated heterocycles. The topological polar surface area (TPSA) is 64.3 Å². The maximum atomic E-state index is 11.7. The fraction of sp³-hybridized carbons (Fsp3) is 0.929. The van der Waals surface area contributed by atoms with Gasteiger partial charge in [0.1, 0.15) is 6.61 Å². The van der Waals surface area contributed by atoms with Gasteiger partial charge in [0.05, 0.1) is 5.60 Å². The van der Waals surface area contributed by atoms with Gasteiger partial charge in [-0.3, -0.25) is 4.79 Å². The smallest absolute Gasteiger partial charge is 0.246 e. The van der Waals surface area contributed by atoms with Crippen molar-refractivity contribution in [1.29, 1.82) is 0 Å². The second kappa shape index (κ2) is 7.74. The molecule has 1 aliphatic rings. The van der Waals surface area contributed by atoms with Crippen LogP contribution < -0.4 is 11.1 Å². The van der Waals surface area contributed by atoms with Crippen LogP contribution in [0.15, 0.2) is 0 Å². The Hall–Kier alpha value is -0.610. The van der Waals surface area contributed by atoms with Gasteiger partial charge >= 0.3 is 0 Å². The first-order valence-electron chi connectivity index (χ1n) is 7.25. The van der Waals surface area contributed by atoms with Crippen LogP contribution in [0.5, 0.6) is 0 Å². The lowest BCUT2D eigenvalue weighted by atomic mass is 9.94. The van der Waals surface area contributed by atoms with Crippen molar-refractivity contribution in [2.24, 2.45) is 5.73 Å². The largest absolute Gasteiger partial charge is 0.364 e. The molecule has 1 fully saturated rings. The highest BCUT2D eigenvalue weighted by atomic mass is 16.5. The van der Waals surface area contributed by atoms with Crippen molar-refractivity contribution in [2.75, 3.05) is 13.2 Å². The molecule has 0 aliphatic heterocycles. The molecule has 0 aromatic rings. The summed E-state index contributed by atoms with van der Waals surface area (Å²) in [5.74, 6) is -0.0265. The van der Waals surface area contributed by atoms with Gasteiger partial charge in [0, 0.05) is 12.6 Å². The van der Waals surface area contributed by atoms with Crippen LogP contribution in [0.25, 0.3) is 0 Å². The average molecular weight is 256 g/mol. The van der Waals surface area contributed by atoms with E-state index in [-0.39, 0.29) is 24.2 Å². The van der Waals surface area contributed by atoms with Gasteiger partial charge in [0.15, 0.2) is 0 Å². The zero-order chi connectivity index (χ0) is 13.4. The van der Waals surface area contributed by atoms with E-state index in [1.54, 1.807) is 0 Å². The van der Waals surface area contributed by atoms with Crippen LogP contribution in [0.1, 0.15) is 58.8 Å². The van der Waals surface area contributed by atoms with E-state index in [0.29, 0.717) is 6.54 Å². The molecule has 3 N–H and O–H groups in total. The Labute approximate surface area is 111 Å². The third-order valence-corrected chi connectivity index (χ3v) is 3.92. The first-order valence-corrected chi connectivity index (χ1v) is 7.25. The second-order valence-corrected chi connectivity index (χ2v) is 5.47. The minimum atomic E-state index is -0.261. The molecule has 1 aliphatic carbocycles. The molecule has 1 amide bonds. The van der Waals surface area contributed by atoms with E-state index >= 15 is 0 Å². The van der Waals surface area contributed by atoms with Crippen LogP contribution in [0, 0.1) is 0 Å². The van der Waals surface area contributed by atoms with Gasteiger partial charge < -0.3 is 15.8 Å². The number of amides is 1. The maximum Gasteiger partial charge on any atom is 0.246 e. The fourth-order valence-electron chi connectivity index (χ4n) is 2.42. The van der Waals surface area contributed by atoms with E-state index in [0.717, 1.165) is 32.1 Å². The number of ether oxygens (including phenoxy) is 1. The zero-order valence-electron chi connectivity index (χ0n) is 11.8. The highest BCUT2D eigenvalue weighted by Gasteiger charge is 2.31.